The minimum absolute atomic E-state index is 0.120. The van der Waals surface area contributed by atoms with Gasteiger partial charge in [0.1, 0.15) is 5.75 Å². The molecule has 0 aromatic heterocycles. The van der Waals surface area contributed by atoms with Gasteiger partial charge in [-0.15, -0.1) is 0 Å². The lowest BCUT2D eigenvalue weighted by Crippen LogP contribution is -2.35. The van der Waals surface area contributed by atoms with Gasteiger partial charge in [0.25, 0.3) is 5.91 Å². The number of hydrogen-bond donors (Lipinski definition) is 1. The van der Waals surface area contributed by atoms with E-state index in [2.05, 4.69) is 5.32 Å². The zero-order valence-electron chi connectivity index (χ0n) is 17.0. The van der Waals surface area contributed by atoms with Crippen molar-refractivity contribution in [2.45, 2.75) is 44.6 Å². The Morgan fingerprint density at radius 3 is 2.38 bits per heavy atom. The predicted molar refractivity (Wildman–Crippen MR) is 112 cm³/mol. The van der Waals surface area contributed by atoms with E-state index >= 15 is 0 Å². The minimum Gasteiger partial charge on any atom is -0.484 e. The van der Waals surface area contributed by atoms with E-state index in [-0.39, 0.29) is 17.4 Å². The molecule has 0 aliphatic carbocycles. The fraction of sp³-hybridized carbons (Fsp3) is 0.409. The van der Waals surface area contributed by atoms with E-state index in [1.165, 1.54) is 5.56 Å². The molecular formula is C22H28N2O4S. The van der Waals surface area contributed by atoms with Crippen LogP contribution >= 0.6 is 0 Å². The van der Waals surface area contributed by atoms with Gasteiger partial charge in [0.15, 0.2) is 6.61 Å². The van der Waals surface area contributed by atoms with Gasteiger partial charge in [0, 0.05) is 19.6 Å². The summed E-state index contributed by atoms with van der Waals surface area (Å²) in [6, 6.07) is 12.7. The fourth-order valence-corrected chi connectivity index (χ4v) is 4.90. The van der Waals surface area contributed by atoms with E-state index in [4.69, 9.17) is 4.74 Å². The van der Waals surface area contributed by atoms with Crippen LogP contribution in [0.2, 0.25) is 0 Å². The molecule has 1 amide bonds. The first kappa shape index (κ1) is 21.3. The molecule has 0 radical (unpaired) electrons. The monoisotopic (exact) mass is 416 g/mol. The second-order valence-corrected chi connectivity index (χ2v) is 9.38. The normalized spacial score (nSPS) is 15.1. The highest BCUT2D eigenvalue weighted by molar-refractivity contribution is 7.89. The van der Waals surface area contributed by atoms with Crippen LogP contribution in [0.15, 0.2) is 47.4 Å². The smallest absolute Gasteiger partial charge is 0.258 e. The lowest BCUT2D eigenvalue weighted by Gasteiger charge is -2.26. The lowest BCUT2D eigenvalue weighted by atomic mass is 10.1. The Morgan fingerprint density at radius 2 is 1.72 bits per heavy atom. The highest BCUT2D eigenvalue weighted by Gasteiger charge is 2.26. The van der Waals surface area contributed by atoms with Crippen molar-refractivity contribution >= 4 is 15.9 Å². The second-order valence-electron chi connectivity index (χ2n) is 7.44. The van der Waals surface area contributed by atoms with Crippen molar-refractivity contribution in [1.29, 1.82) is 0 Å². The van der Waals surface area contributed by atoms with Gasteiger partial charge >= 0.3 is 0 Å². The molecule has 0 saturated carbocycles. The predicted octanol–water partition coefficient (Wildman–Crippen LogP) is 3.17. The molecule has 1 heterocycles. The van der Waals surface area contributed by atoms with E-state index in [9.17, 15) is 13.2 Å². The van der Waals surface area contributed by atoms with Gasteiger partial charge in [0.2, 0.25) is 10.0 Å². The van der Waals surface area contributed by atoms with Crippen LogP contribution in [0, 0.1) is 13.8 Å². The van der Waals surface area contributed by atoms with E-state index in [1.807, 2.05) is 31.2 Å². The van der Waals surface area contributed by atoms with Crippen molar-refractivity contribution in [2.24, 2.45) is 0 Å². The Hall–Kier alpha value is -2.38. The maximum Gasteiger partial charge on any atom is 0.258 e. The average molecular weight is 417 g/mol. The number of ether oxygens (including phenoxy) is 1. The number of benzene rings is 2. The SMILES string of the molecule is Cc1ccc(CNC(=O)COc2ccc(S(=O)(=O)N3CCCCC3)cc2C)cc1. The maximum absolute atomic E-state index is 12.8. The van der Waals surface area contributed by atoms with Crippen LogP contribution in [0.5, 0.6) is 5.75 Å². The van der Waals surface area contributed by atoms with E-state index in [0.29, 0.717) is 30.9 Å². The second kappa shape index (κ2) is 9.41. The molecule has 156 valence electrons. The molecule has 2 aromatic carbocycles. The summed E-state index contributed by atoms with van der Waals surface area (Å²) in [6.45, 7) is 5.26. The van der Waals surface area contributed by atoms with Gasteiger partial charge in [-0.1, -0.05) is 36.2 Å². The molecule has 1 saturated heterocycles. The van der Waals surface area contributed by atoms with Gasteiger partial charge in [-0.25, -0.2) is 8.42 Å². The molecule has 0 unspecified atom stereocenters. The van der Waals surface area contributed by atoms with Crippen LogP contribution in [0.4, 0.5) is 0 Å². The first-order valence-corrected chi connectivity index (χ1v) is 11.4. The van der Waals surface area contributed by atoms with Gasteiger partial charge in [0.05, 0.1) is 4.90 Å². The summed E-state index contributed by atoms with van der Waals surface area (Å²) < 4.78 is 32.7. The number of carbonyl (C=O) groups excluding carboxylic acids is 1. The molecular weight excluding hydrogens is 388 g/mol. The zero-order valence-corrected chi connectivity index (χ0v) is 17.8. The summed E-state index contributed by atoms with van der Waals surface area (Å²) in [5.74, 6) is 0.281. The van der Waals surface area contributed by atoms with Gasteiger partial charge in [-0.05, 0) is 56.0 Å². The number of sulfonamides is 1. The van der Waals surface area contributed by atoms with Gasteiger partial charge in [-0.3, -0.25) is 4.79 Å². The largest absolute Gasteiger partial charge is 0.484 e. The number of rotatable bonds is 7. The van der Waals surface area contributed by atoms with Crippen molar-refractivity contribution in [1.82, 2.24) is 9.62 Å². The maximum atomic E-state index is 12.8. The molecule has 1 aliphatic heterocycles. The first-order chi connectivity index (χ1) is 13.9. The number of amides is 1. The van der Waals surface area contributed by atoms with Crippen molar-refractivity contribution < 1.29 is 17.9 Å². The van der Waals surface area contributed by atoms with Crippen LogP contribution in [0.3, 0.4) is 0 Å². The summed E-state index contributed by atoms with van der Waals surface area (Å²) >= 11 is 0. The van der Waals surface area contributed by atoms with Crippen molar-refractivity contribution in [3.8, 4) is 5.75 Å². The first-order valence-electron chi connectivity index (χ1n) is 9.92. The van der Waals surface area contributed by atoms with Crippen LogP contribution in [-0.2, 0) is 21.4 Å². The summed E-state index contributed by atoms with van der Waals surface area (Å²) in [5.41, 5.74) is 2.88. The Balaban J connectivity index is 1.56. The third kappa shape index (κ3) is 5.58. The minimum atomic E-state index is -3.48. The van der Waals surface area contributed by atoms with Crippen molar-refractivity contribution in [2.75, 3.05) is 19.7 Å². The molecule has 1 fully saturated rings. The van der Waals surface area contributed by atoms with E-state index < -0.39 is 10.0 Å². The van der Waals surface area contributed by atoms with E-state index in [1.54, 1.807) is 29.4 Å². The Labute approximate surface area is 172 Å². The molecule has 29 heavy (non-hydrogen) atoms. The third-order valence-corrected chi connectivity index (χ3v) is 6.96. The fourth-order valence-electron chi connectivity index (χ4n) is 3.30. The third-order valence-electron chi connectivity index (χ3n) is 5.07. The lowest BCUT2D eigenvalue weighted by molar-refractivity contribution is -0.123. The molecule has 6 nitrogen and oxygen atoms in total. The highest BCUT2D eigenvalue weighted by Crippen LogP contribution is 2.25. The number of aryl methyl sites for hydroxylation is 2. The van der Waals surface area contributed by atoms with Crippen molar-refractivity contribution in [3.63, 3.8) is 0 Å². The average Bonchev–Trinajstić information content (AvgIpc) is 2.73. The zero-order chi connectivity index (χ0) is 20.9. The van der Waals surface area contributed by atoms with E-state index in [0.717, 1.165) is 24.8 Å². The Morgan fingerprint density at radius 1 is 1.03 bits per heavy atom. The molecule has 0 atom stereocenters. The standard InChI is InChI=1S/C22H28N2O4S/c1-17-6-8-19(9-7-17)15-23-22(25)16-28-21-11-10-20(14-18(21)2)29(26,27)24-12-4-3-5-13-24/h6-11,14H,3-5,12-13,15-16H2,1-2H3,(H,23,25). The molecule has 7 heteroatoms. The number of nitrogens with one attached hydrogen (secondary N) is 1. The molecule has 0 spiro atoms. The topological polar surface area (TPSA) is 75.7 Å². The summed E-state index contributed by atoms with van der Waals surface area (Å²) in [5, 5.41) is 2.82. The summed E-state index contributed by atoms with van der Waals surface area (Å²) in [4.78, 5) is 12.3. The number of hydrogen-bond acceptors (Lipinski definition) is 4. The summed E-state index contributed by atoms with van der Waals surface area (Å²) in [7, 11) is -3.48. The number of carbonyl (C=O) groups is 1. The molecule has 2 aromatic rings. The summed E-state index contributed by atoms with van der Waals surface area (Å²) in [6.07, 6.45) is 2.87. The van der Waals surface area contributed by atoms with Crippen LogP contribution < -0.4 is 10.1 Å². The highest BCUT2D eigenvalue weighted by atomic mass is 32.2. The molecule has 1 aliphatic rings. The van der Waals surface area contributed by atoms with Gasteiger partial charge in [-0.2, -0.15) is 4.31 Å². The van der Waals surface area contributed by atoms with Crippen LogP contribution in [0.25, 0.3) is 0 Å². The van der Waals surface area contributed by atoms with Gasteiger partial charge < -0.3 is 10.1 Å². The Kier molecular flexibility index (Phi) is 6.92. The number of piperidine rings is 1. The molecule has 3 rings (SSSR count). The van der Waals surface area contributed by atoms with Crippen LogP contribution in [0.1, 0.15) is 36.0 Å². The Bertz CT molecular complexity index is 949. The number of nitrogens with zero attached hydrogens (tertiary/aromatic N) is 1. The van der Waals surface area contributed by atoms with Crippen LogP contribution in [-0.4, -0.2) is 38.3 Å². The molecule has 1 N–H and O–H groups in total. The molecule has 0 bridgehead atoms. The quantitative estimate of drug-likeness (QED) is 0.752. The van der Waals surface area contributed by atoms with Crippen molar-refractivity contribution in [3.05, 3.63) is 59.2 Å².